The molecule has 4 heteroatoms. The van der Waals surface area contributed by atoms with Crippen LogP contribution in [0, 0.1) is 5.92 Å². The molecule has 0 aromatic carbocycles. The van der Waals surface area contributed by atoms with Crippen LogP contribution in [0.3, 0.4) is 0 Å². The summed E-state index contributed by atoms with van der Waals surface area (Å²) in [4.78, 5) is 12.0. The number of hydrogen-bond donors (Lipinski definition) is 0. The van der Waals surface area contributed by atoms with E-state index < -0.39 is 8.32 Å². The molecule has 0 aromatic heterocycles. The van der Waals surface area contributed by atoms with Crippen molar-refractivity contribution in [3.05, 3.63) is 0 Å². The van der Waals surface area contributed by atoms with Crippen LogP contribution < -0.4 is 0 Å². The maximum absolute atomic E-state index is 12.0. The highest BCUT2D eigenvalue weighted by atomic mass is 28.4. The summed E-state index contributed by atoms with van der Waals surface area (Å²) in [5.74, 6) is 0.225. The zero-order valence-corrected chi connectivity index (χ0v) is 12.2. The second kappa shape index (κ2) is 4.88. The van der Waals surface area contributed by atoms with Gasteiger partial charge in [-0.2, -0.15) is 0 Å². The van der Waals surface area contributed by atoms with Crippen molar-refractivity contribution in [3.63, 3.8) is 0 Å². The smallest absolute Gasteiger partial charge is 0.308 e. The molecule has 0 bridgehead atoms. The van der Waals surface area contributed by atoms with Crippen LogP contribution in [0.5, 0.6) is 0 Å². The third-order valence-corrected chi connectivity index (χ3v) is 9.96. The van der Waals surface area contributed by atoms with Gasteiger partial charge in [0.25, 0.3) is 0 Å². The van der Waals surface area contributed by atoms with Crippen LogP contribution in [-0.2, 0) is 14.0 Å². The Morgan fingerprint density at radius 2 is 1.81 bits per heavy atom. The van der Waals surface area contributed by atoms with Crippen LogP contribution in [0.15, 0.2) is 0 Å². The Hall–Kier alpha value is -0.353. The van der Waals surface area contributed by atoms with Gasteiger partial charge in [-0.15, -0.1) is 0 Å². The SMILES string of the molecule is COC(=O)[C@H]1C(C)CO[Si]1(C(C)C)C(C)C. The van der Waals surface area contributed by atoms with E-state index in [2.05, 4.69) is 34.6 Å². The van der Waals surface area contributed by atoms with Gasteiger partial charge < -0.3 is 9.16 Å². The Morgan fingerprint density at radius 1 is 1.31 bits per heavy atom. The molecule has 0 N–H and O–H groups in total. The largest absolute Gasteiger partial charge is 0.469 e. The lowest BCUT2D eigenvalue weighted by Crippen LogP contribution is -2.48. The minimum absolute atomic E-state index is 0.00231. The van der Waals surface area contributed by atoms with E-state index in [4.69, 9.17) is 9.16 Å². The van der Waals surface area contributed by atoms with Crippen molar-refractivity contribution in [2.75, 3.05) is 13.7 Å². The van der Waals surface area contributed by atoms with Crippen LogP contribution >= 0.6 is 0 Å². The van der Waals surface area contributed by atoms with Crippen molar-refractivity contribution in [2.45, 2.75) is 51.2 Å². The first-order valence-electron chi connectivity index (χ1n) is 6.09. The van der Waals surface area contributed by atoms with Gasteiger partial charge in [0.2, 0.25) is 8.32 Å². The van der Waals surface area contributed by atoms with Gasteiger partial charge in [0.05, 0.1) is 12.7 Å². The highest BCUT2D eigenvalue weighted by molar-refractivity contribution is 6.81. The highest BCUT2D eigenvalue weighted by Gasteiger charge is 2.58. The number of carbonyl (C=O) groups is 1. The Morgan fingerprint density at radius 3 is 2.19 bits per heavy atom. The summed E-state index contributed by atoms with van der Waals surface area (Å²) in [6.45, 7) is 11.5. The van der Waals surface area contributed by atoms with E-state index in [0.717, 1.165) is 0 Å². The summed E-state index contributed by atoms with van der Waals surface area (Å²) in [7, 11) is -0.559. The zero-order chi connectivity index (χ0) is 12.5. The normalized spacial score (nSPS) is 28.8. The fourth-order valence-electron chi connectivity index (χ4n) is 3.17. The molecule has 1 saturated heterocycles. The molecule has 94 valence electrons. The molecule has 1 fully saturated rings. The number of ether oxygens (including phenoxy) is 1. The first-order chi connectivity index (χ1) is 7.37. The second-order valence-electron chi connectivity index (χ2n) is 5.45. The maximum atomic E-state index is 12.0. The summed E-state index contributed by atoms with van der Waals surface area (Å²) in [6.07, 6.45) is 0. The molecule has 0 saturated carbocycles. The van der Waals surface area contributed by atoms with Crippen molar-refractivity contribution in [2.24, 2.45) is 5.92 Å². The van der Waals surface area contributed by atoms with Crippen LogP contribution in [-0.4, -0.2) is 28.0 Å². The average Bonchev–Trinajstić information content (AvgIpc) is 2.56. The molecule has 16 heavy (non-hydrogen) atoms. The van der Waals surface area contributed by atoms with E-state index >= 15 is 0 Å². The van der Waals surface area contributed by atoms with Gasteiger partial charge in [-0.3, -0.25) is 4.79 Å². The summed E-state index contributed by atoms with van der Waals surface area (Å²) in [5, 5.41) is 0. The predicted molar refractivity (Wildman–Crippen MR) is 66.8 cm³/mol. The van der Waals surface area contributed by atoms with Gasteiger partial charge in [-0.25, -0.2) is 0 Å². The van der Waals surface area contributed by atoms with Crippen LogP contribution in [0.2, 0.25) is 16.6 Å². The molecule has 1 heterocycles. The fourth-order valence-corrected chi connectivity index (χ4v) is 8.81. The lowest BCUT2D eigenvalue weighted by atomic mass is 10.1. The Labute approximate surface area is 99.6 Å². The molecule has 0 amide bonds. The van der Waals surface area contributed by atoms with Crippen molar-refractivity contribution >= 4 is 14.3 Å². The van der Waals surface area contributed by atoms with E-state index in [1.54, 1.807) is 0 Å². The predicted octanol–water partition coefficient (Wildman–Crippen LogP) is 2.96. The molecule has 1 rings (SSSR count). The molecule has 1 aliphatic rings. The lowest BCUT2D eigenvalue weighted by molar-refractivity contribution is -0.141. The first-order valence-corrected chi connectivity index (χ1v) is 8.23. The minimum atomic E-state index is -2.04. The van der Waals surface area contributed by atoms with Gasteiger partial charge in [0, 0.05) is 6.61 Å². The van der Waals surface area contributed by atoms with Gasteiger partial charge in [-0.1, -0.05) is 34.6 Å². The Balaban J connectivity index is 3.12. The van der Waals surface area contributed by atoms with E-state index in [0.29, 0.717) is 23.6 Å². The Bertz CT molecular complexity index is 255. The topological polar surface area (TPSA) is 35.5 Å². The monoisotopic (exact) mass is 244 g/mol. The third-order valence-electron chi connectivity index (χ3n) is 3.91. The fraction of sp³-hybridized carbons (Fsp3) is 0.917. The molecule has 1 aliphatic heterocycles. The molecular weight excluding hydrogens is 220 g/mol. The Kier molecular flexibility index (Phi) is 4.18. The molecule has 1 unspecified atom stereocenters. The summed E-state index contributed by atoms with van der Waals surface area (Å²) < 4.78 is 11.1. The van der Waals surface area contributed by atoms with Gasteiger partial charge in [0.1, 0.15) is 0 Å². The number of esters is 1. The van der Waals surface area contributed by atoms with Crippen molar-refractivity contribution in [1.29, 1.82) is 0 Å². The lowest BCUT2D eigenvalue weighted by Gasteiger charge is -2.38. The van der Waals surface area contributed by atoms with Gasteiger partial charge in [0.15, 0.2) is 0 Å². The van der Waals surface area contributed by atoms with E-state index in [1.165, 1.54) is 7.11 Å². The van der Waals surface area contributed by atoms with E-state index in [1.807, 2.05) is 0 Å². The van der Waals surface area contributed by atoms with Crippen LogP contribution in [0.1, 0.15) is 34.6 Å². The summed E-state index contributed by atoms with van der Waals surface area (Å²) in [6, 6.07) is 0. The molecule has 2 atom stereocenters. The van der Waals surface area contributed by atoms with Gasteiger partial charge in [-0.05, 0) is 17.0 Å². The highest BCUT2D eigenvalue weighted by Crippen LogP contribution is 2.51. The second-order valence-corrected chi connectivity index (χ2v) is 10.4. The summed E-state index contributed by atoms with van der Waals surface area (Å²) >= 11 is 0. The maximum Gasteiger partial charge on any atom is 0.308 e. The van der Waals surface area contributed by atoms with Crippen LogP contribution in [0.25, 0.3) is 0 Å². The molecule has 0 spiro atoms. The molecule has 3 nitrogen and oxygen atoms in total. The number of rotatable bonds is 3. The van der Waals surface area contributed by atoms with Crippen molar-refractivity contribution < 1.29 is 14.0 Å². The number of carbonyl (C=O) groups excluding carboxylic acids is 1. The van der Waals surface area contributed by atoms with Crippen LogP contribution in [0.4, 0.5) is 0 Å². The van der Waals surface area contributed by atoms with Gasteiger partial charge >= 0.3 is 5.97 Å². The van der Waals surface area contributed by atoms with Crippen molar-refractivity contribution in [1.82, 2.24) is 0 Å². The molecular formula is C12H24O3Si. The van der Waals surface area contributed by atoms with E-state index in [-0.39, 0.29) is 11.5 Å². The number of methoxy groups -OCH3 is 1. The quantitative estimate of drug-likeness (QED) is 0.565. The molecule has 0 aromatic rings. The third kappa shape index (κ3) is 1.93. The zero-order valence-electron chi connectivity index (χ0n) is 11.2. The molecule has 0 radical (unpaired) electrons. The van der Waals surface area contributed by atoms with E-state index in [9.17, 15) is 4.79 Å². The molecule has 0 aliphatic carbocycles. The minimum Gasteiger partial charge on any atom is -0.469 e. The standard InChI is InChI=1S/C12H24O3Si/c1-8(2)16(9(3)4)11(12(13)14-6)10(5)7-15-16/h8-11H,7H2,1-6H3/t10?,11-/m1/s1. The summed E-state index contributed by atoms with van der Waals surface area (Å²) in [5.41, 5.74) is 0.889. The first kappa shape index (κ1) is 13.7. The number of hydrogen-bond acceptors (Lipinski definition) is 3. The average molecular weight is 244 g/mol. The van der Waals surface area contributed by atoms with Crippen molar-refractivity contribution in [3.8, 4) is 0 Å².